The lowest BCUT2D eigenvalue weighted by Crippen LogP contribution is -2.44. The first-order valence-electron chi connectivity index (χ1n) is 6.56. The van der Waals surface area contributed by atoms with Crippen molar-refractivity contribution < 1.29 is 18.9 Å². The minimum atomic E-state index is -0.770. The number of nitro groups is 1. The number of carbonyl (C=O) groups is 2. The number of nitrogens with one attached hydrogen (secondary N) is 2. The Morgan fingerprint density at radius 1 is 1.12 bits per heavy atom. The van der Waals surface area contributed by atoms with Crippen LogP contribution in [0.25, 0.3) is 0 Å². The van der Waals surface area contributed by atoms with E-state index in [1.807, 2.05) is 0 Å². The molecule has 0 aliphatic heterocycles. The quantitative estimate of drug-likeness (QED) is 0.617. The van der Waals surface area contributed by atoms with Crippen LogP contribution in [0.3, 0.4) is 0 Å². The zero-order valence-corrected chi connectivity index (χ0v) is 12.1. The van der Waals surface area contributed by atoms with Gasteiger partial charge in [-0.1, -0.05) is 0 Å². The van der Waals surface area contributed by atoms with Gasteiger partial charge in [0.1, 0.15) is 12.4 Å². The average molecular weight is 334 g/mol. The molecule has 0 bridgehead atoms. The summed E-state index contributed by atoms with van der Waals surface area (Å²) >= 11 is 0. The van der Waals surface area contributed by atoms with Crippen LogP contribution < -0.4 is 16.4 Å². The third-order valence-electron chi connectivity index (χ3n) is 2.91. The maximum atomic E-state index is 12.8. The number of amides is 2. The molecule has 10 heteroatoms. The minimum Gasteiger partial charge on any atom is -0.299 e. The van der Waals surface area contributed by atoms with Crippen LogP contribution >= 0.6 is 0 Å². The van der Waals surface area contributed by atoms with Gasteiger partial charge in [0, 0.05) is 17.7 Å². The second kappa shape index (κ2) is 7.13. The Labute approximate surface area is 133 Å². The topological polar surface area (TPSA) is 123 Å². The molecular formula is C14H11FN4O5. The number of pyridine rings is 1. The second-order valence-corrected chi connectivity index (χ2v) is 4.62. The Balaban J connectivity index is 1.97. The summed E-state index contributed by atoms with van der Waals surface area (Å²) in [6, 6.07) is 6.60. The van der Waals surface area contributed by atoms with Crippen molar-refractivity contribution in [2.45, 2.75) is 6.54 Å². The Hall–Kier alpha value is -3.56. The number of aromatic nitrogens is 1. The van der Waals surface area contributed by atoms with E-state index in [2.05, 4.69) is 10.9 Å². The highest BCUT2D eigenvalue weighted by atomic mass is 19.1. The molecule has 1 aromatic carbocycles. The molecule has 0 aliphatic rings. The van der Waals surface area contributed by atoms with Crippen molar-refractivity contribution in [1.29, 1.82) is 0 Å². The highest BCUT2D eigenvalue weighted by Crippen LogP contribution is 2.06. The van der Waals surface area contributed by atoms with E-state index in [4.69, 9.17) is 0 Å². The van der Waals surface area contributed by atoms with Gasteiger partial charge in [-0.15, -0.1) is 0 Å². The first kappa shape index (κ1) is 16.8. The highest BCUT2D eigenvalue weighted by Gasteiger charge is 2.12. The molecule has 2 amide bonds. The van der Waals surface area contributed by atoms with E-state index in [0.29, 0.717) is 0 Å². The molecule has 0 atom stereocenters. The SMILES string of the molecule is O=C(Cn1cc([N+](=O)[O-])ccc1=O)NNC(=O)c1ccc(F)cc1. The van der Waals surface area contributed by atoms with Crippen molar-refractivity contribution >= 4 is 17.5 Å². The fraction of sp³-hybridized carbons (Fsp3) is 0.0714. The smallest absolute Gasteiger partial charge is 0.285 e. The molecule has 0 saturated carbocycles. The lowest BCUT2D eigenvalue weighted by Gasteiger charge is -2.08. The van der Waals surface area contributed by atoms with Crippen molar-refractivity contribution in [3.05, 3.63) is 74.4 Å². The predicted molar refractivity (Wildman–Crippen MR) is 79.4 cm³/mol. The van der Waals surface area contributed by atoms with Crippen molar-refractivity contribution in [1.82, 2.24) is 15.4 Å². The molecule has 0 aliphatic carbocycles. The normalized spacial score (nSPS) is 10.0. The van der Waals surface area contributed by atoms with Gasteiger partial charge in [0.15, 0.2) is 0 Å². The van der Waals surface area contributed by atoms with Gasteiger partial charge >= 0.3 is 0 Å². The van der Waals surface area contributed by atoms with Crippen LogP contribution in [-0.4, -0.2) is 21.3 Å². The fourth-order valence-electron chi connectivity index (χ4n) is 1.74. The molecular weight excluding hydrogens is 323 g/mol. The maximum Gasteiger partial charge on any atom is 0.285 e. The van der Waals surface area contributed by atoms with Gasteiger partial charge in [0.25, 0.3) is 23.1 Å². The number of nitrogens with zero attached hydrogens (tertiary/aromatic N) is 2. The Morgan fingerprint density at radius 2 is 1.79 bits per heavy atom. The zero-order valence-electron chi connectivity index (χ0n) is 12.1. The average Bonchev–Trinajstić information content (AvgIpc) is 2.55. The van der Waals surface area contributed by atoms with Crippen molar-refractivity contribution in [3.8, 4) is 0 Å². The summed E-state index contributed by atoms with van der Waals surface area (Å²) in [5, 5.41) is 10.7. The molecule has 2 N–H and O–H groups in total. The Bertz CT molecular complexity index is 847. The van der Waals surface area contributed by atoms with Gasteiger partial charge in [-0.25, -0.2) is 4.39 Å². The van der Waals surface area contributed by atoms with E-state index in [0.717, 1.165) is 35.0 Å². The molecule has 1 aromatic heterocycles. The maximum absolute atomic E-state index is 12.8. The van der Waals surface area contributed by atoms with E-state index in [9.17, 15) is 28.9 Å². The predicted octanol–water partition coefficient (Wildman–Crippen LogP) is 0.357. The lowest BCUT2D eigenvalue weighted by molar-refractivity contribution is -0.385. The number of hydrazine groups is 1. The van der Waals surface area contributed by atoms with Gasteiger partial charge in [0.05, 0.1) is 11.1 Å². The summed E-state index contributed by atoms with van der Waals surface area (Å²) < 4.78 is 13.6. The monoisotopic (exact) mass is 334 g/mol. The molecule has 124 valence electrons. The van der Waals surface area contributed by atoms with E-state index in [-0.39, 0.29) is 11.3 Å². The number of hydrogen-bond acceptors (Lipinski definition) is 5. The molecule has 24 heavy (non-hydrogen) atoms. The van der Waals surface area contributed by atoms with Crippen LogP contribution in [0.5, 0.6) is 0 Å². The van der Waals surface area contributed by atoms with Crippen LogP contribution in [-0.2, 0) is 11.3 Å². The Morgan fingerprint density at radius 3 is 2.42 bits per heavy atom. The summed E-state index contributed by atoms with van der Waals surface area (Å²) in [7, 11) is 0. The van der Waals surface area contributed by atoms with E-state index in [1.54, 1.807) is 0 Å². The van der Waals surface area contributed by atoms with E-state index < -0.39 is 34.7 Å². The molecule has 2 aromatic rings. The summed E-state index contributed by atoms with van der Waals surface area (Å²) in [4.78, 5) is 44.9. The number of rotatable bonds is 4. The molecule has 0 spiro atoms. The van der Waals surface area contributed by atoms with Gasteiger partial charge < -0.3 is 0 Å². The highest BCUT2D eigenvalue weighted by molar-refractivity contribution is 5.95. The third kappa shape index (κ3) is 4.22. The number of halogens is 1. The number of benzene rings is 1. The zero-order chi connectivity index (χ0) is 17.7. The summed E-state index contributed by atoms with van der Waals surface area (Å²) in [5.74, 6) is -1.97. The van der Waals surface area contributed by atoms with Crippen LogP contribution in [0.2, 0.25) is 0 Å². The van der Waals surface area contributed by atoms with Crippen LogP contribution in [0, 0.1) is 15.9 Å². The van der Waals surface area contributed by atoms with Crippen molar-refractivity contribution in [2.75, 3.05) is 0 Å². The molecule has 0 unspecified atom stereocenters. The Kier molecular flexibility index (Phi) is 5.00. The molecule has 0 radical (unpaired) electrons. The van der Waals surface area contributed by atoms with Crippen molar-refractivity contribution in [3.63, 3.8) is 0 Å². The molecule has 0 saturated heterocycles. The van der Waals surface area contributed by atoms with Gasteiger partial charge in [-0.2, -0.15) is 0 Å². The fourth-order valence-corrected chi connectivity index (χ4v) is 1.74. The standard InChI is InChI=1S/C14H11FN4O5/c15-10-3-1-9(2-4-10)14(22)17-16-12(20)8-18-7-11(19(23)24)5-6-13(18)21/h1-7H,8H2,(H,16,20)(H,17,22). The summed E-state index contributed by atoms with van der Waals surface area (Å²) in [5.41, 5.74) is 3.30. The first-order chi connectivity index (χ1) is 11.4. The van der Waals surface area contributed by atoms with Gasteiger partial charge in [0.2, 0.25) is 0 Å². The van der Waals surface area contributed by atoms with Crippen LogP contribution in [0.4, 0.5) is 10.1 Å². The molecule has 9 nitrogen and oxygen atoms in total. The first-order valence-corrected chi connectivity index (χ1v) is 6.56. The molecule has 2 rings (SSSR count). The summed E-state index contributed by atoms with van der Waals surface area (Å²) in [6.45, 7) is -0.524. The van der Waals surface area contributed by atoms with Gasteiger partial charge in [-0.05, 0) is 24.3 Å². The second-order valence-electron chi connectivity index (χ2n) is 4.62. The van der Waals surface area contributed by atoms with Crippen LogP contribution in [0.1, 0.15) is 10.4 Å². The third-order valence-corrected chi connectivity index (χ3v) is 2.91. The van der Waals surface area contributed by atoms with Gasteiger partial charge in [-0.3, -0.25) is 39.9 Å². The molecule has 0 fully saturated rings. The largest absolute Gasteiger partial charge is 0.299 e. The number of hydrogen-bond donors (Lipinski definition) is 2. The number of carbonyl (C=O) groups excluding carboxylic acids is 2. The lowest BCUT2D eigenvalue weighted by atomic mass is 10.2. The van der Waals surface area contributed by atoms with E-state index in [1.165, 1.54) is 12.1 Å². The van der Waals surface area contributed by atoms with E-state index >= 15 is 0 Å². The summed E-state index contributed by atoms with van der Waals surface area (Å²) in [6.07, 6.45) is 0.920. The minimum absolute atomic E-state index is 0.115. The van der Waals surface area contributed by atoms with Crippen LogP contribution in [0.15, 0.2) is 47.4 Å². The van der Waals surface area contributed by atoms with Crippen molar-refractivity contribution in [2.24, 2.45) is 0 Å². The molecule has 1 heterocycles.